The molecule has 0 aliphatic heterocycles. The lowest BCUT2D eigenvalue weighted by atomic mass is 10.1. The molecule has 7 nitrogen and oxygen atoms in total. The molecule has 0 aliphatic carbocycles. The van der Waals surface area contributed by atoms with Gasteiger partial charge in [-0.3, -0.25) is 0 Å². The molecule has 1 atom stereocenters. The number of hydrogen-bond acceptors (Lipinski definition) is 5. The molecule has 0 saturated heterocycles. The number of carboxylic acids is 2. The third-order valence-electron chi connectivity index (χ3n) is 3.17. The monoisotopic (exact) mass is 406 g/mol. The molecule has 2 aromatic rings. The number of rotatable bonds is 6. The number of nitrogens with zero attached hydrogens (tertiary/aromatic N) is 1. The summed E-state index contributed by atoms with van der Waals surface area (Å²) in [4.78, 5) is 19.1. The quantitative estimate of drug-likeness (QED) is 0.627. The van der Waals surface area contributed by atoms with Crippen LogP contribution < -0.4 is 10.5 Å². The van der Waals surface area contributed by atoms with Gasteiger partial charge in [0.25, 0.3) is 0 Å². The molecule has 0 bridgehead atoms. The number of benzene rings is 2. The molecule has 146 valence electrons. The summed E-state index contributed by atoms with van der Waals surface area (Å²) in [7, 11) is 0. The highest BCUT2D eigenvalue weighted by molar-refractivity contribution is 6.30. The summed E-state index contributed by atoms with van der Waals surface area (Å²) in [5, 5.41) is 24.5. The first kappa shape index (κ1) is 22.6. The van der Waals surface area contributed by atoms with Crippen molar-refractivity contribution in [1.82, 2.24) is 0 Å². The molecule has 9 heteroatoms. The average Bonchev–Trinajstić information content (AvgIpc) is 2.68. The summed E-state index contributed by atoms with van der Waals surface area (Å²) in [5.74, 6) is -2.95. The zero-order valence-electron chi connectivity index (χ0n) is 14.4. The summed E-state index contributed by atoms with van der Waals surface area (Å²) in [5.41, 5.74) is 6.66. The molecular weight excluding hydrogens is 391 g/mol. The predicted octanol–water partition coefficient (Wildman–Crippen LogP) is 3.14. The Hall–Kier alpha value is -3.41. The summed E-state index contributed by atoms with van der Waals surface area (Å²) in [6.07, 6.45) is 0.690. The van der Waals surface area contributed by atoms with E-state index in [1.807, 2.05) is 36.4 Å². The Morgan fingerprint density at radius 3 is 2.25 bits per heavy atom. The average molecular weight is 407 g/mol. The van der Waals surface area contributed by atoms with Gasteiger partial charge in [0, 0.05) is 24.8 Å². The maximum absolute atomic E-state index is 13.3. The van der Waals surface area contributed by atoms with Crippen LogP contribution in [0, 0.1) is 17.1 Å². The number of halogens is 2. The zero-order valence-corrected chi connectivity index (χ0v) is 15.1. The Morgan fingerprint density at radius 1 is 1.21 bits per heavy atom. The molecule has 28 heavy (non-hydrogen) atoms. The molecule has 0 heterocycles. The van der Waals surface area contributed by atoms with Crippen molar-refractivity contribution in [3.63, 3.8) is 0 Å². The van der Waals surface area contributed by atoms with Crippen molar-refractivity contribution in [3.8, 4) is 11.8 Å². The van der Waals surface area contributed by atoms with E-state index in [-0.39, 0.29) is 22.9 Å². The summed E-state index contributed by atoms with van der Waals surface area (Å²) in [6, 6.07) is 13.6. The number of carboxylic acid groups (broad SMARTS) is 2. The first-order valence-electron chi connectivity index (χ1n) is 7.73. The van der Waals surface area contributed by atoms with Crippen LogP contribution >= 0.6 is 11.6 Å². The Balaban J connectivity index is 0.000000416. The minimum absolute atomic E-state index is 0.0845. The molecule has 0 radical (unpaired) electrons. The van der Waals surface area contributed by atoms with E-state index in [2.05, 4.69) is 0 Å². The number of carbonyl (C=O) groups is 2. The highest BCUT2D eigenvalue weighted by Crippen LogP contribution is 2.29. The fourth-order valence-electron chi connectivity index (χ4n) is 1.93. The van der Waals surface area contributed by atoms with Gasteiger partial charge in [-0.2, -0.15) is 5.26 Å². The van der Waals surface area contributed by atoms with Crippen LogP contribution in [0.4, 0.5) is 4.39 Å². The van der Waals surface area contributed by atoms with Gasteiger partial charge in [0.05, 0.1) is 10.6 Å². The minimum atomic E-state index is -1.26. The minimum Gasteiger partial charge on any atom is -0.483 e. The molecule has 0 fully saturated rings. The normalized spacial score (nSPS) is 11.1. The van der Waals surface area contributed by atoms with Crippen LogP contribution in [-0.2, 0) is 9.59 Å². The van der Waals surface area contributed by atoms with E-state index < -0.39 is 23.9 Å². The number of hydrogen-bond donors (Lipinski definition) is 3. The highest BCUT2D eigenvalue weighted by Gasteiger charge is 2.16. The smallest absolute Gasteiger partial charge is 0.328 e. The molecule has 0 spiro atoms. The Morgan fingerprint density at radius 2 is 1.79 bits per heavy atom. The van der Waals surface area contributed by atoms with E-state index >= 15 is 0 Å². The van der Waals surface area contributed by atoms with E-state index in [1.54, 1.807) is 0 Å². The van der Waals surface area contributed by atoms with Crippen LogP contribution in [0.15, 0.2) is 54.6 Å². The number of aliphatic carboxylic acids is 2. The van der Waals surface area contributed by atoms with Gasteiger partial charge in [-0.05, 0) is 11.6 Å². The van der Waals surface area contributed by atoms with Gasteiger partial charge in [0.1, 0.15) is 23.7 Å². The van der Waals surface area contributed by atoms with Crippen LogP contribution in [-0.4, -0.2) is 28.7 Å². The number of nitriles is 1. The Kier molecular flexibility index (Phi) is 9.16. The van der Waals surface area contributed by atoms with E-state index in [0.717, 1.165) is 11.6 Å². The van der Waals surface area contributed by atoms with Crippen molar-refractivity contribution in [1.29, 1.82) is 5.26 Å². The number of ether oxygens (including phenoxy) is 1. The van der Waals surface area contributed by atoms with E-state index in [4.69, 9.17) is 37.5 Å². The van der Waals surface area contributed by atoms with Crippen molar-refractivity contribution in [2.45, 2.75) is 6.10 Å². The van der Waals surface area contributed by atoms with Crippen molar-refractivity contribution >= 4 is 23.5 Å². The van der Waals surface area contributed by atoms with Crippen LogP contribution in [0.5, 0.6) is 5.75 Å². The highest BCUT2D eigenvalue weighted by atomic mass is 35.5. The van der Waals surface area contributed by atoms with Gasteiger partial charge >= 0.3 is 11.9 Å². The second-order valence-electron chi connectivity index (χ2n) is 5.14. The molecule has 0 amide bonds. The standard InChI is InChI=1S/C15H12ClFN2O.C4H4O4/c16-12-7-14(11(8-18)6-13(12)17)20-15(9-19)10-4-2-1-3-5-10;5-3(6)1-2-4(7)8/h1-7,15H,9,19H2;1-2H,(H,5,6)(H,7,8)/b;2-1+/t15-;/m1./s1. The van der Waals surface area contributed by atoms with Crippen molar-refractivity contribution in [2.24, 2.45) is 5.73 Å². The van der Waals surface area contributed by atoms with Crippen molar-refractivity contribution in [2.75, 3.05) is 6.54 Å². The van der Waals surface area contributed by atoms with Crippen LogP contribution in [0.2, 0.25) is 5.02 Å². The maximum Gasteiger partial charge on any atom is 0.328 e. The van der Waals surface area contributed by atoms with Crippen LogP contribution in [0.1, 0.15) is 17.2 Å². The van der Waals surface area contributed by atoms with Crippen molar-refractivity contribution in [3.05, 3.63) is 76.6 Å². The largest absolute Gasteiger partial charge is 0.483 e. The van der Waals surface area contributed by atoms with Gasteiger partial charge in [-0.25, -0.2) is 14.0 Å². The summed E-state index contributed by atoms with van der Waals surface area (Å²) in [6.45, 7) is 0.226. The molecular formula is C19H16ClFN2O5. The maximum atomic E-state index is 13.3. The topological polar surface area (TPSA) is 134 Å². The lowest BCUT2D eigenvalue weighted by Gasteiger charge is -2.18. The first-order chi connectivity index (χ1) is 13.3. The van der Waals surface area contributed by atoms with E-state index in [1.165, 1.54) is 6.07 Å². The van der Waals surface area contributed by atoms with Gasteiger partial charge in [0.2, 0.25) is 0 Å². The lowest BCUT2D eigenvalue weighted by Crippen LogP contribution is -2.18. The second-order valence-corrected chi connectivity index (χ2v) is 5.54. The number of nitrogens with two attached hydrogens (primary N) is 1. The predicted molar refractivity (Wildman–Crippen MR) is 99.4 cm³/mol. The molecule has 0 unspecified atom stereocenters. The fraction of sp³-hybridized carbons (Fsp3) is 0.105. The molecule has 4 N–H and O–H groups in total. The van der Waals surface area contributed by atoms with Crippen LogP contribution in [0.25, 0.3) is 0 Å². The lowest BCUT2D eigenvalue weighted by molar-refractivity contribution is -0.134. The van der Waals surface area contributed by atoms with Crippen LogP contribution in [0.3, 0.4) is 0 Å². The Labute approximate surface area is 165 Å². The second kappa shape index (κ2) is 11.3. The zero-order chi connectivity index (χ0) is 21.1. The molecule has 0 aromatic heterocycles. The first-order valence-corrected chi connectivity index (χ1v) is 8.11. The van der Waals surface area contributed by atoms with Gasteiger partial charge in [-0.15, -0.1) is 0 Å². The molecule has 2 aromatic carbocycles. The van der Waals surface area contributed by atoms with Gasteiger partial charge in [-0.1, -0.05) is 41.9 Å². The molecule has 0 saturated carbocycles. The fourth-order valence-corrected chi connectivity index (χ4v) is 2.08. The summed E-state index contributed by atoms with van der Waals surface area (Å²) >= 11 is 5.72. The summed E-state index contributed by atoms with van der Waals surface area (Å²) < 4.78 is 19.0. The van der Waals surface area contributed by atoms with E-state index in [9.17, 15) is 14.0 Å². The molecule has 2 rings (SSSR count). The van der Waals surface area contributed by atoms with Crippen molar-refractivity contribution < 1.29 is 28.9 Å². The molecule has 0 aliphatic rings. The third-order valence-corrected chi connectivity index (χ3v) is 3.46. The SMILES string of the molecule is N#Cc1cc(F)c(Cl)cc1O[C@H](CN)c1ccccc1.O=C(O)/C=C/C(=O)O. The van der Waals surface area contributed by atoms with E-state index in [0.29, 0.717) is 12.2 Å². The Bertz CT molecular complexity index is 881. The third kappa shape index (κ3) is 7.45. The van der Waals surface area contributed by atoms with Gasteiger partial charge < -0.3 is 20.7 Å². The van der Waals surface area contributed by atoms with Gasteiger partial charge in [0.15, 0.2) is 0 Å².